The summed E-state index contributed by atoms with van der Waals surface area (Å²) in [5, 5.41) is 0.986. The highest BCUT2D eigenvalue weighted by Crippen LogP contribution is 2.31. The van der Waals surface area contributed by atoms with Gasteiger partial charge in [0.25, 0.3) is 10.1 Å². The van der Waals surface area contributed by atoms with Crippen molar-refractivity contribution in [3.63, 3.8) is 0 Å². The lowest BCUT2D eigenvalue weighted by Gasteiger charge is -2.32. The van der Waals surface area contributed by atoms with E-state index < -0.39 is 10.1 Å². The summed E-state index contributed by atoms with van der Waals surface area (Å²) in [5.41, 5.74) is 3.07. The number of benzene rings is 2. The van der Waals surface area contributed by atoms with E-state index in [0.29, 0.717) is 5.92 Å². The van der Waals surface area contributed by atoms with Crippen LogP contribution in [0.4, 0.5) is 5.82 Å². The van der Waals surface area contributed by atoms with Crippen LogP contribution in [0.15, 0.2) is 71.8 Å². The van der Waals surface area contributed by atoms with Gasteiger partial charge < -0.3 is 4.90 Å². The minimum absolute atomic E-state index is 0.216. The molecular formula is C26H27N3O3S2. The number of piperidine rings is 1. The third-order valence-electron chi connectivity index (χ3n) is 6.30. The average Bonchev–Trinajstić information content (AvgIpc) is 3.29. The molecule has 1 saturated heterocycles. The van der Waals surface area contributed by atoms with E-state index in [-0.39, 0.29) is 11.5 Å². The molecule has 3 heterocycles. The number of rotatable bonds is 7. The fourth-order valence-electron chi connectivity index (χ4n) is 4.24. The number of pyridine rings is 1. The summed E-state index contributed by atoms with van der Waals surface area (Å²) in [6, 6.07) is 19.1. The van der Waals surface area contributed by atoms with Crippen LogP contribution in [0.1, 0.15) is 24.8 Å². The van der Waals surface area contributed by atoms with Crippen molar-refractivity contribution in [1.82, 2.24) is 9.97 Å². The largest absolute Gasteiger partial charge is 0.357 e. The number of hydrogen-bond donors (Lipinski definition) is 0. The van der Waals surface area contributed by atoms with Crippen LogP contribution in [0.5, 0.6) is 0 Å². The second-order valence-corrected chi connectivity index (χ2v) is 11.3. The Morgan fingerprint density at radius 3 is 2.50 bits per heavy atom. The molecule has 0 saturated carbocycles. The van der Waals surface area contributed by atoms with Crippen LogP contribution in [0.25, 0.3) is 20.8 Å². The summed E-state index contributed by atoms with van der Waals surface area (Å²) >= 11 is 1.68. The van der Waals surface area contributed by atoms with E-state index in [1.807, 2.05) is 31.3 Å². The summed E-state index contributed by atoms with van der Waals surface area (Å²) in [4.78, 5) is 11.9. The van der Waals surface area contributed by atoms with Gasteiger partial charge in [-0.05, 0) is 68.5 Å². The zero-order valence-corrected chi connectivity index (χ0v) is 20.7. The first-order chi connectivity index (χ1) is 16.5. The van der Waals surface area contributed by atoms with Gasteiger partial charge in [-0.1, -0.05) is 29.8 Å². The van der Waals surface area contributed by atoms with Crippen LogP contribution in [-0.4, -0.2) is 38.1 Å². The van der Waals surface area contributed by atoms with Gasteiger partial charge in [0.15, 0.2) is 0 Å². The Labute approximate surface area is 204 Å². The van der Waals surface area contributed by atoms with E-state index >= 15 is 0 Å². The minimum atomic E-state index is -3.69. The van der Waals surface area contributed by atoms with Gasteiger partial charge in [0.2, 0.25) is 0 Å². The van der Waals surface area contributed by atoms with Crippen LogP contribution in [0.2, 0.25) is 0 Å². The van der Waals surface area contributed by atoms with Crippen LogP contribution in [-0.2, 0) is 14.3 Å². The third kappa shape index (κ3) is 5.14. The first-order valence-corrected chi connectivity index (χ1v) is 13.7. The number of para-hydroxylation sites is 1. The van der Waals surface area contributed by atoms with Crippen molar-refractivity contribution in [1.29, 1.82) is 0 Å². The number of aromatic nitrogens is 2. The molecule has 0 atom stereocenters. The highest BCUT2D eigenvalue weighted by molar-refractivity contribution is 7.86. The summed E-state index contributed by atoms with van der Waals surface area (Å²) in [6.45, 7) is 3.96. The highest BCUT2D eigenvalue weighted by atomic mass is 32.2. The second kappa shape index (κ2) is 9.82. The molecule has 1 aliphatic heterocycles. The number of hydrogen-bond acceptors (Lipinski definition) is 7. The average molecular weight is 494 g/mol. The summed E-state index contributed by atoms with van der Waals surface area (Å²) in [6.07, 6.45) is 4.64. The van der Waals surface area contributed by atoms with Crippen LogP contribution in [0, 0.1) is 12.8 Å². The van der Waals surface area contributed by atoms with Crippen molar-refractivity contribution < 1.29 is 12.6 Å². The van der Waals surface area contributed by atoms with E-state index in [1.165, 1.54) is 4.70 Å². The fourth-order valence-corrected chi connectivity index (χ4v) is 6.12. The van der Waals surface area contributed by atoms with Gasteiger partial charge in [-0.3, -0.25) is 4.18 Å². The molecular weight excluding hydrogens is 466 g/mol. The van der Waals surface area contributed by atoms with Crippen LogP contribution in [0.3, 0.4) is 0 Å². The van der Waals surface area contributed by atoms with E-state index in [9.17, 15) is 8.42 Å². The Hall–Kier alpha value is -2.81. The number of fused-ring (bicyclic) bond motifs is 1. The maximum absolute atomic E-state index is 12.4. The molecule has 0 aliphatic carbocycles. The van der Waals surface area contributed by atoms with Crippen molar-refractivity contribution >= 4 is 37.5 Å². The summed E-state index contributed by atoms with van der Waals surface area (Å²) in [5.74, 6) is 1.42. The standard InChI is InChI=1S/C26H27N3O3S2/c1-19-6-9-22(10-7-19)34(30,31)32-17-14-20-12-15-29(16-13-20)25-11-8-21(18-27-25)26-28-23-4-2-3-5-24(23)33-26/h2-11,18,20H,12-17H2,1H3. The predicted octanol–water partition coefficient (Wildman–Crippen LogP) is 5.68. The van der Waals surface area contributed by atoms with E-state index in [1.54, 1.807) is 35.6 Å². The molecule has 1 aliphatic rings. The Kier molecular flexibility index (Phi) is 6.63. The Bertz CT molecular complexity index is 1330. The Morgan fingerprint density at radius 1 is 1.03 bits per heavy atom. The second-order valence-electron chi connectivity index (χ2n) is 8.70. The molecule has 0 bridgehead atoms. The molecule has 0 spiro atoms. The first-order valence-electron chi connectivity index (χ1n) is 11.5. The van der Waals surface area contributed by atoms with Crippen LogP contribution < -0.4 is 4.90 Å². The van der Waals surface area contributed by atoms with E-state index in [2.05, 4.69) is 23.1 Å². The summed E-state index contributed by atoms with van der Waals surface area (Å²) < 4.78 is 31.2. The molecule has 8 heteroatoms. The maximum atomic E-state index is 12.4. The van der Waals surface area contributed by atoms with Gasteiger partial charge >= 0.3 is 0 Å². The van der Waals surface area contributed by atoms with Gasteiger partial charge in [0.05, 0.1) is 21.7 Å². The van der Waals surface area contributed by atoms with Gasteiger partial charge in [-0.25, -0.2) is 9.97 Å². The van der Waals surface area contributed by atoms with Gasteiger partial charge in [0, 0.05) is 24.8 Å². The quantitative estimate of drug-likeness (QED) is 0.309. The van der Waals surface area contributed by atoms with E-state index in [4.69, 9.17) is 14.2 Å². The lowest BCUT2D eigenvalue weighted by Crippen LogP contribution is -2.34. The summed E-state index contributed by atoms with van der Waals surface area (Å²) in [7, 11) is -3.69. The monoisotopic (exact) mass is 493 g/mol. The molecule has 176 valence electrons. The van der Waals surface area contributed by atoms with Crippen molar-refractivity contribution in [2.75, 3.05) is 24.6 Å². The third-order valence-corrected chi connectivity index (χ3v) is 8.71. The first kappa shape index (κ1) is 23.0. The molecule has 6 nitrogen and oxygen atoms in total. The maximum Gasteiger partial charge on any atom is 0.296 e. The molecule has 1 fully saturated rings. The number of anilines is 1. The molecule has 4 aromatic rings. The molecule has 34 heavy (non-hydrogen) atoms. The van der Waals surface area contributed by atoms with Crippen molar-refractivity contribution in [2.45, 2.75) is 31.1 Å². The lowest BCUT2D eigenvalue weighted by atomic mass is 9.94. The SMILES string of the molecule is Cc1ccc(S(=O)(=O)OCCC2CCN(c3ccc(-c4nc5ccccc5s4)cn3)CC2)cc1. The van der Waals surface area contributed by atoms with Gasteiger partial charge in [-0.15, -0.1) is 11.3 Å². The zero-order chi connectivity index (χ0) is 23.5. The minimum Gasteiger partial charge on any atom is -0.357 e. The Morgan fingerprint density at radius 2 is 1.79 bits per heavy atom. The molecule has 2 aromatic heterocycles. The molecule has 0 unspecified atom stereocenters. The number of nitrogens with zero attached hydrogens (tertiary/aromatic N) is 3. The lowest BCUT2D eigenvalue weighted by molar-refractivity contribution is 0.262. The Balaban J connectivity index is 1.12. The normalized spacial score (nSPS) is 15.1. The number of aryl methyl sites for hydroxylation is 1. The molecule has 5 rings (SSSR count). The molecule has 0 N–H and O–H groups in total. The van der Waals surface area contributed by atoms with Crippen molar-refractivity contribution in [3.05, 3.63) is 72.4 Å². The van der Waals surface area contributed by atoms with Gasteiger partial charge in [-0.2, -0.15) is 8.42 Å². The zero-order valence-electron chi connectivity index (χ0n) is 19.1. The number of thiazole rings is 1. The molecule has 0 radical (unpaired) electrons. The highest BCUT2D eigenvalue weighted by Gasteiger charge is 2.22. The van der Waals surface area contributed by atoms with Crippen molar-refractivity contribution in [2.24, 2.45) is 5.92 Å². The smallest absolute Gasteiger partial charge is 0.296 e. The molecule has 2 aromatic carbocycles. The topological polar surface area (TPSA) is 72.4 Å². The van der Waals surface area contributed by atoms with Crippen LogP contribution >= 0.6 is 11.3 Å². The van der Waals surface area contributed by atoms with Gasteiger partial charge in [0.1, 0.15) is 10.8 Å². The van der Waals surface area contributed by atoms with Crippen molar-refractivity contribution in [3.8, 4) is 10.6 Å². The van der Waals surface area contributed by atoms with E-state index in [0.717, 1.165) is 59.8 Å². The predicted molar refractivity (Wildman–Crippen MR) is 137 cm³/mol. The fraction of sp³-hybridized carbons (Fsp3) is 0.308. The molecule has 0 amide bonds.